The van der Waals surface area contributed by atoms with Gasteiger partial charge in [-0.3, -0.25) is 0 Å². The van der Waals surface area contributed by atoms with Gasteiger partial charge in [-0.25, -0.2) is 33.6 Å². The molecule has 2 saturated heterocycles. The van der Waals surface area contributed by atoms with Gasteiger partial charge in [0.1, 0.15) is 43.2 Å². The molecule has 10 atom stereocenters. The van der Waals surface area contributed by atoms with E-state index in [1.54, 1.807) is 0 Å². The van der Waals surface area contributed by atoms with Crippen LogP contribution in [0.1, 0.15) is 72.5 Å². The first kappa shape index (κ1) is 67.4. The maximum atomic E-state index is 14.8. The average Bonchev–Trinajstić information content (AvgIpc) is 1.53. The van der Waals surface area contributed by atoms with E-state index in [1.807, 2.05) is 0 Å². The number of carbonyl (C=O) groups is 7. The number of aliphatic hydroxyl groups is 3. The molecule has 0 radical (unpaired) electrons. The SMILES string of the molecule is O=C(OC1OC2COC(=O)c3cc(O)c(O)c(O)c3-c3c(cc(O)c(O)c3O)C(=O)OC2C(O)C1O)c1cc(O)c(O)c(O)c1Oc1cc2c(c(O)c1O)-c1c(cc(O)c(O)c1O)C(=O)OC1C(COC2=O)OC(O)C2OC(=O)c3cc(O)c(O)c(O)c3-c3c(cc(O)c(O)c3O)C(=O)OC21. The van der Waals surface area contributed by atoms with E-state index in [0.717, 1.165) is 0 Å². The van der Waals surface area contributed by atoms with Crippen molar-refractivity contribution in [3.05, 3.63) is 81.4 Å². The monoisotopic (exact) mass is 1420 g/mol. The zero-order valence-corrected chi connectivity index (χ0v) is 49.5. The molecule has 5 heterocycles. The molecule has 12 rings (SSSR count). The second-order valence-electron chi connectivity index (χ2n) is 22.3. The van der Waals surface area contributed by atoms with Gasteiger partial charge in [-0.05, 0) is 30.3 Å². The van der Waals surface area contributed by atoms with E-state index in [9.17, 15) is 151 Å². The van der Waals surface area contributed by atoms with Crippen LogP contribution >= 0.6 is 0 Å². The van der Waals surface area contributed by atoms with Crippen molar-refractivity contribution >= 4 is 41.8 Å². The Bertz CT molecular complexity index is 4840. The molecule has 40 heteroatoms. The van der Waals surface area contributed by atoms with Crippen molar-refractivity contribution in [2.75, 3.05) is 13.2 Å². The molecule has 0 amide bonds. The summed E-state index contributed by atoms with van der Waals surface area (Å²) >= 11 is 0. The molecule has 0 saturated carbocycles. The van der Waals surface area contributed by atoms with E-state index in [-0.39, 0.29) is 6.07 Å². The van der Waals surface area contributed by atoms with Gasteiger partial charge < -0.3 is 165 Å². The highest BCUT2D eigenvalue weighted by Gasteiger charge is 2.55. The van der Waals surface area contributed by atoms with Gasteiger partial charge in [0.15, 0.2) is 111 Å². The molecule has 0 bridgehead atoms. The van der Waals surface area contributed by atoms with Crippen molar-refractivity contribution < 1.29 is 198 Å². The Morgan fingerprint density at radius 1 is 0.337 bits per heavy atom. The van der Waals surface area contributed by atoms with Crippen LogP contribution in [0.5, 0.6) is 126 Å². The number of ether oxygens (including phenoxy) is 10. The molecule has 101 heavy (non-hydrogen) atoms. The molecule has 528 valence electrons. The van der Waals surface area contributed by atoms with E-state index in [2.05, 4.69) is 0 Å². The summed E-state index contributed by atoms with van der Waals surface area (Å²) < 4.78 is 54.8. The van der Waals surface area contributed by atoms with Crippen LogP contribution in [-0.2, 0) is 42.6 Å². The Morgan fingerprint density at radius 3 is 1.06 bits per heavy atom. The standard InChI is InChI=1S/C61H44O40/c62-17-1-10-26(39(75)32(17)68)27-11(2-18(63)33(69)40(27)76)55(86)97-49-24(8-92-53(10)84)96-61(47(83)46(49)82)101-59(90)16-6-22(67)37(73)45(81)48(16)94-23-7-15-31(44(80)38(23)74)30-12(3-19(64)36(72)43(30)79)56(87)98-50-25(9-93-54(15)85)95-60(91)52-51(50)99-57(88)13-4-20(65)34(70)41(77)28(13)29-14(58(89)100-52)5-21(66)35(71)42(29)78/h1-7,24-25,46-47,49-52,60-83,91H,8-9H2. The fourth-order valence-electron chi connectivity index (χ4n) is 11.5. The third kappa shape index (κ3) is 10.7. The molecule has 5 aliphatic heterocycles. The first-order valence-electron chi connectivity index (χ1n) is 28.2. The topological polar surface area (TPSA) is 677 Å². The third-order valence-electron chi connectivity index (χ3n) is 16.4. The number of esters is 7. The molecule has 0 spiro atoms. The minimum absolute atomic E-state index is 0.248. The lowest BCUT2D eigenvalue weighted by molar-refractivity contribution is -0.284. The fraction of sp³-hybridized carbons (Fsp3) is 0.197. The highest BCUT2D eigenvalue weighted by molar-refractivity contribution is 6.12. The zero-order chi connectivity index (χ0) is 73.5. The number of phenols is 20. The molecule has 7 aromatic rings. The summed E-state index contributed by atoms with van der Waals surface area (Å²) in [7, 11) is 0. The first-order chi connectivity index (χ1) is 47.5. The van der Waals surface area contributed by atoms with Crippen molar-refractivity contribution in [1.82, 2.24) is 0 Å². The molecule has 23 N–H and O–H groups in total. The van der Waals surface area contributed by atoms with Crippen molar-refractivity contribution in [1.29, 1.82) is 0 Å². The third-order valence-corrected chi connectivity index (χ3v) is 16.4. The number of hydrogen-bond acceptors (Lipinski definition) is 40. The van der Waals surface area contributed by atoms with Crippen LogP contribution in [0.2, 0.25) is 0 Å². The Labute approximate surface area is 554 Å². The quantitative estimate of drug-likeness (QED) is 0.0657. The van der Waals surface area contributed by atoms with Crippen molar-refractivity contribution in [3.63, 3.8) is 0 Å². The lowest BCUT2D eigenvalue weighted by atomic mass is 9.91. The average molecular weight is 1420 g/mol. The van der Waals surface area contributed by atoms with Crippen LogP contribution in [-0.4, -0.2) is 234 Å². The summed E-state index contributed by atoms with van der Waals surface area (Å²) in [5, 5.41) is 252. The number of aliphatic hydroxyl groups excluding tert-OH is 3. The highest BCUT2D eigenvalue weighted by atomic mass is 16.7. The number of aromatic hydroxyl groups is 20. The minimum atomic E-state index is -2.64. The predicted molar refractivity (Wildman–Crippen MR) is 310 cm³/mol. The van der Waals surface area contributed by atoms with Gasteiger partial charge in [-0.1, -0.05) is 0 Å². The van der Waals surface area contributed by atoms with E-state index in [0.29, 0.717) is 36.4 Å². The normalized spacial score (nSPS) is 22.5. The van der Waals surface area contributed by atoms with Gasteiger partial charge in [0.25, 0.3) is 0 Å². The van der Waals surface area contributed by atoms with E-state index in [4.69, 9.17) is 47.4 Å². The van der Waals surface area contributed by atoms with Gasteiger partial charge in [0.2, 0.25) is 52.3 Å². The van der Waals surface area contributed by atoms with E-state index >= 15 is 0 Å². The molecule has 2 fully saturated rings. The summed E-state index contributed by atoms with van der Waals surface area (Å²) in [5.74, 6) is -44.9. The van der Waals surface area contributed by atoms with Crippen LogP contribution in [0.25, 0.3) is 33.4 Å². The predicted octanol–water partition coefficient (Wildman–Crippen LogP) is 0.769. The molecule has 7 aromatic carbocycles. The number of hydrogen-bond donors (Lipinski definition) is 23. The maximum absolute atomic E-state index is 14.8. The second-order valence-corrected chi connectivity index (χ2v) is 22.3. The van der Waals surface area contributed by atoms with E-state index < -0.39 is 315 Å². The maximum Gasteiger partial charge on any atom is 0.344 e. The van der Waals surface area contributed by atoms with Gasteiger partial charge in [-0.15, -0.1) is 0 Å². The van der Waals surface area contributed by atoms with Gasteiger partial charge in [0, 0.05) is 45.5 Å². The number of cyclic esters (lactones) is 2. The van der Waals surface area contributed by atoms with Crippen molar-refractivity contribution in [3.8, 4) is 160 Å². The summed E-state index contributed by atoms with van der Waals surface area (Å²) in [4.78, 5) is 100. The Balaban J connectivity index is 0.896. The van der Waals surface area contributed by atoms with Crippen LogP contribution in [0.4, 0.5) is 0 Å². The van der Waals surface area contributed by atoms with Crippen LogP contribution in [0, 0.1) is 0 Å². The summed E-state index contributed by atoms with van der Waals surface area (Å²) in [5.41, 5.74) is -15.1. The number of benzene rings is 7. The van der Waals surface area contributed by atoms with Crippen LogP contribution in [0.15, 0.2) is 42.5 Å². The van der Waals surface area contributed by atoms with Crippen LogP contribution < -0.4 is 4.74 Å². The lowest BCUT2D eigenvalue weighted by Crippen LogP contribution is -2.62. The zero-order valence-electron chi connectivity index (χ0n) is 49.5. The number of rotatable bonds is 4. The molecule has 40 nitrogen and oxygen atoms in total. The van der Waals surface area contributed by atoms with Crippen molar-refractivity contribution in [2.45, 2.75) is 61.4 Å². The van der Waals surface area contributed by atoms with Crippen LogP contribution in [0.3, 0.4) is 0 Å². The van der Waals surface area contributed by atoms with Gasteiger partial charge in [-0.2, -0.15) is 0 Å². The first-order valence-corrected chi connectivity index (χ1v) is 28.2. The minimum Gasteiger partial charge on any atom is -0.504 e. The Kier molecular flexibility index (Phi) is 16.2. The number of fused-ring (bicyclic) bond motifs is 13. The molecular formula is C61H44O40. The van der Waals surface area contributed by atoms with Crippen molar-refractivity contribution in [2.24, 2.45) is 0 Å². The Morgan fingerprint density at radius 2 is 0.653 bits per heavy atom. The molecular weight excluding hydrogens is 1370 g/mol. The largest absolute Gasteiger partial charge is 0.504 e. The number of carbonyl (C=O) groups excluding carboxylic acids is 7. The summed E-state index contributed by atoms with van der Waals surface area (Å²) in [6.07, 6.45) is -24.6. The molecule has 5 aliphatic rings. The van der Waals surface area contributed by atoms with E-state index in [1.165, 1.54) is 0 Å². The smallest absolute Gasteiger partial charge is 0.344 e. The van der Waals surface area contributed by atoms with Gasteiger partial charge >= 0.3 is 41.8 Å². The summed E-state index contributed by atoms with van der Waals surface area (Å²) in [6, 6.07) is 2.49. The lowest BCUT2D eigenvalue weighted by Gasteiger charge is -2.43. The molecule has 0 aromatic heterocycles. The molecule has 10 unspecified atom stereocenters. The number of phenolic OH excluding ortho intramolecular Hbond substituents is 20. The molecule has 0 aliphatic carbocycles. The second kappa shape index (κ2) is 24.2. The fourth-order valence-corrected chi connectivity index (χ4v) is 11.5. The highest BCUT2D eigenvalue weighted by Crippen LogP contribution is 2.59. The Hall–Kier alpha value is -13.6. The van der Waals surface area contributed by atoms with Gasteiger partial charge in [0.05, 0.1) is 33.4 Å². The summed E-state index contributed by atoms with van der Waals surface area (Å²) in [6.45, 7) is -2.65.